The third-order valence-electron chi connectivity index (χ3n) is 3.46. The Morgan fingerprint density at radius 1 is 1.21 bits per heavy atom. The molecule has 0 bridgehead atoms. The SMILES string of the molecule is COc1cccc(-n2c(SCC(C)=O)nc3ccccc3c2=O)c1. The minimum atomic E-state index is -0.167. The van der Waals surface area contributed by atoms with Crippen molar-refractivity contribution < 1.29 is 9.53 Å². The Hall–Kier alpha value is -2.60. The summed E-state index contributed by atoms with van der Waals surface area (Å²) in [6.07, 6.45) is 0. The lowest BCUT2D eigenvalue weighted by Gasteiger charge is -2.13. The highest BCUT2D eigenvalue weighted by Crippen LogP contribution is 2.23. The molecular weight excluding hydrogens is 324 g/mol. The molecule has 0 N–H and O–H groups in total. The van der Waals surface area contributed by atoms with Crippen LogP contribution in [0.4, 0.5) is 0 Å². The lowest BCUT2D eigenvalue weighted by Crippen LogP contribution is -2.22. The van der Waals surface area contributed by atoms with Gasteiger partial charge in [-0.05, 0) is 31.2 Å². The summed E-state index contributed by atoms with van der Waals surface area (Å²) in [7, 11) is 1.58. The number of Topliss-reactive ketones (excluding diaryl/α,β-unsaturated/α-hetero) is 1. The summed E-state index contributed by atoms with van der Waals surface area (Å²) in [5.41, 5.74) is 1.11. The largest absolute Gasteiger partial charge is 0.497 e. The van der Waals surface area contributed by atoms with Gasteiger partial charge in [-0.15, -0.1) is 0 Å². The van der Waals surface area contributed by atoms with Crippen molar-refractivity contribution in [2.75, 3.05) is 12.9 Å². The van der Waals surface area contributed by atoms with Gasteiger partial charge in [0.25, 0.3) is 5.56 Å². The lowest BCUT2D eigenvalue weighted by atomic mass is 10.2. The number of thioether (sulfide) groups is 1. The highest BCUT2D eigenvalue weighted by Gasteiger charge is 2.14. The molecule has 0 atom stereocenters. The van der Waals surface area contributed by atoms with Gasteiger partial charge in [0.2, 0.25) is 0 Å². The molecule has 0 unspecified atom stereocenters. The topological polar surface area (TPSA) is 61.2 Å². The molecule has 0 fully saturated rings. The van der Waals surface area contributed by atoms with Crippen molar-refractivity contribution in [1.29, 1.82) is 0 Å². The zero-order valence-electron chi connectivity index (χ0n) is 13.4. The molecule has 0 aliphatic carbocycles. The van der Waals surface area contributed by atoms with Gasteiger partial charge in [-0.2, -0.15) is 0 Å². The number of carbonyl (C=O) groups excluding carboxylic acids is 1. The summed E-state index contributed by atoms with van der Waals surface area (Å²) in [4.78, 5) is 28.9. The van der Waals surface area contributed by atoms with Crippen LogP contribution in [0.3, 0.4) is 0 Å². The van der Waals surface area contributed by atoms with Crippen molar-refractivity contribution in [2.45, 2.75) is 12.1 Å². The van der Waals surface area contributed by atoms with Crippen LogP contribution in [0, 0.1) is 0 Å². The Morgan fingerprint density at radius 3 is 2.75 bits per heavy atom. The van der Waals surface area contributed by atoms with Crippen LogP contribution < -0.4 is 10.3 Å². The molecule has 0 radical (unpaired) electrons. The standard InChI is InChI=1S/C18H16N2O3S/c1-12(21)11-24-18-19-16-9-4-3-8-15(16)17(22)20(18)13-6-5-7-14(10-13)23-2/h3-10H,11H2,1-2H3. The fraction of sp³-hybridized carbons (Fsp3) is 0.167. The van der Waals surface area contributed by atoms with E-state index in [9.17, 15) is 9.59 Å². The van der Waals surface area contributed by atoms with Crippen LogP contribution in [0.2, 0.25) is 0 Å². The Kier molecular flexibility index (Phi) is 4.66. The van der Waals surface area contributed by atoms with Crippen LogP contribution in [-0.2, 0) is 4.79 Å². The van der Waals surface area contributed by atoms with Crippen LogP contribution in [0.5, 0.6) is 5.75 Å². The van der Waals surface area contributed by atoms with Crippen molar-refractivity contribution in [3.63, 3.8) is 0 Å². The van der Waals surface area contributed by atoms with E-state index in [-0.39, 0.29) is 17.1 Å². The van der Waals surface area contributed by atoms with E-state index < -0.39 is 0 Å². The van der Waals surface area contributed by atoms with Gasteiger partial charge in [0, 0.05) is 6.07 Å². The molecule has 0 saturated carbocycles. The number of para-hydroxylation sites is 1. The first-order chi connectivity index (χ1) is 11.6. The summed E-state index contributed by atoms with van der Waals surface area (Å²) in [5, 5.41) is 1.02. The van der Waals surface area contributed by atoms with E-state index in [0.29, 0.717) is 27.5 Å². The van der Waals surface area contributed by atoms with Gasteiger partial charge in [-0.25, -0.2) is 4.98 Å². The molecule has 0 amide bonds. The monoisotopic (exact) mass is 340 g/mol. The Morgan fingerprint density at radius 2 is 2.00 bits per heavy atom. The first-order valence-electron chi connectivity index (χ1n) is 7.38. The summed E-state index contributed by atoms with van der Waals surface area (Å²) in [5.74, 6) is 0.934. The molecule has 3 aromatic rings. The van der Waals surface area contributed by atoms with Crippen LogP contribution in [0.25, 0.3) is 16.6 Å². The van der Waals surface area contributed by atoms with Crippen molar-refractivity contribution in [3.05, 3.63) is 58.9 Å². The predicted molar refractivity (Wildman–Crippen MR) is 95.3 cm³/mol. The number of rotatable bonds is 5. The fourth-order valence-electron chi connectivity index (χ4n) is 2.35. The normalized spacial score (nSPS) is 10.8. The van der Waals surface area contributed by atoms with Gasteiger partial charge in [0.05, 0.1) is 29.5 Å². The zero-order chi connectivity index (χ0) is 17.1. The average Bonchev–Trinajstić information content (AvgIpc) is 2.60. The second-order valence-corrected chi connectivity index (χ2v) is 6.19. The molecule has 0 aliphatic rings. The smallest absolute Gasteiger partial charge is 0.266 e. The number of fused-ring (bicyclic) bond motifs is 1. The van der Waals surface area contributed by atoms with Gasteiger partial charge in [-0.3, -0.25) is 14.2 Å². The second kappa shape index (κ2) is 6.88. The lowest BCUT2D eigenvalue weighted by molar-refractivity contribution is -0.114. The summed E-state index contributed by atoms with van der Waals surface area (Å²) in [6.45, 7) is 1.52. The minimum absolute atomic E-state index is 0.0274. The van der Waals surface area contributed by atoms with Crippen LogP contribution >= 0.6 is 11.8 Å². The third kappa shape index (κ3) is 3.19. The molecule has 5 nitrogen and oxygen atoms in total. The maximum absolute atomic E-state index is 13.0. The van der Waals surface area contributed by atoms with Crippen molar-refractivity contribution >= 4 is 28.4 Å². The number of hydrogen-bond donors (Lipinski definition) is 0. The van der Waals surface area contributed by atoms with Crippen molar-refractivity contribution in [2.24, 2.45) is 0 Å². The van der Waals surface area contributed by atoms with Crippen LogP contribution in [0.1, 0.15) is 6.92 Å². The van der Waals surface area contributed by atoms with Crippen LogP contribution in [-0.4, -0.2) is 28.2 Å². The first-order valence-corrected chi connectivity index (χ1v) is 8.37. The predicted octanol–water partition coefficient (Wildman–Crippen LogP) is 3.08. The molecule has 0 aliphatic heterocycles. The van der Waals surface area contributed by atoms with Gasteiger partial charge in [0.15, 0.2) is 5.16 Å². The Labute approximate surface area is 143 Å². The van der Waals surface area contributed by atoms with Gasteiger partial charge >= 0.3 is 0 Å². The number of methoxy groups -OCH3 is 1. The number of aromatic nitrogens is 2. The molecule has 3 rings (SSSR count). The van der Waals surface area contributed by atoms with E-state index in [1.807, 2.05) is 30.3 Å². The van der Waals surface area contributed by atoms with Crippen molar-refractivity contribution in [3.8, 4) is 11.4 Å². The quantitative estimate of drug-likeness (QED) is 0.528. The number of hydrogen-bond acceptors (Lipinski definition) is 5. The van der Waals surface area contributed by atoms with E-state index in [0.717, 1.165) is 0 Å². The molecule has 2 aromatic carbocycles. The number of ketones is 1. The fourth-order valence-corrected chi connectivity index (χ4v) is 3.17. The number of ether oxygens (including phenoxy) is 1. The molecular formula is C18H16N2O3S. The van der Waals surface area contributed by atoms with E-state index in [4.69, 9.17) is 4.74 Å². The molecule has 122 valence electrons. The Bertz CT molecular complexity index is 966. The minimum Gasteiger partial charge on any atom is -0.497 e. The number of nitrogens with zero attached hydrogens (tertiary/aromatic N) is 2. The molecule has 1 heterocycles. The maximum atomic E-state index is 13.0. The van der Waals surface area contributed by atoms with E-state index in [1.165, 1.54) is 23.3 Å². The zero-order valence-corrected chi connectivity index (χ0v) is 14.2. The molecule has 1 aromatic heterocycles. The third-order valence-corrected chi connectivity index (χ3v) is 4.54. The van der Waals surface area contributed by atoms with Crippen LogP contribution in [0.15, 0.2) is 58.5 Å². The number of benzene rings is 2. The van der Waals surface area contributed by atoms with E-state index in [2.05, 4.69) is 4.98 Å². The van der Waals surface area contributed by atoms with E-state index >= 15 is 0 Å². The summed E-state index contributed by atoms with van der Waals surface area (Å²) >= 11 is 1.25. The summed E-state index contributed by atoms with van der Waals surface area (Å²) < 4.78 is 6.77. The molecule has 0 spiro atoms. The second-order valence-electron chi connectivity index (χ2n) is 5.24. The Balaban J connectivity index is 2.26. The summed E-state index contributed by atoms with van der Waals surface area (Å²) in [6, 6.07) is 14.4. The molecule has 24 heavy (non-hydrogen) atoms. The molecule has 6 heteroatoms. The average molecular weight is 340 g/mol. The van der Waals surface area contributed by atoms with Crippen molar-refractivity contribution in [1.82, 2.24) is 9.55 Å². The number of carbonyl (C=O) groups is 1. The van der Waals surface area contributed by atoms with Gasteiger partial charge in [-0.1, -0.05) is 30.0 Å². The highest BCUT2D eigenvalue weighted by atomic mass is 32.2. The van der Waals surface area contributed by atoms with Gasteiger partial charge in [0.1, 0.15) is 11.5 Å². The van der Waals surface area contributed by atoms with E-state index in [1.54, 1.807) is 25.3 Å². The maximum Gasteiger partial charge on any atom is 0.266 e. The van der Waals surface area contributed by atoms with Gasteiger partial charge < -0.3 is 4.74 Å². The molecule has 0 saturated heterocycles. The highest BCUT2D eigenvalue weighted by molar-refractivity contribution is 7.99. The first kappa shape index (κ1) is 16.3.